The van der Waals surface area contributed by atoms with Gasteiger partial charge in [0.15, 0.2) is 6.10 Å². The molecule has 0 heterocycles. The van der Waals surface area contributed by atoms with E-state index >= 15 is 0 Å². The molecule has 0 aromatic rings. The molecule has 0 amide bonds. The smallest absolute Gasteiger partial charge is 0.306 e. The van der Waals surface area contributed by atoms with Gasteiger partial charge in [-0.05, 0) is 96.3 Å². The first-order valence-corrected chi connectivity index (χ1v) is 26.7. The van der Waals surface area contributed by atoms with Crippen LogP contribution in [-0.2, 0) is 28.6 Å². The van der Waals surface area contributed by atoms with E-state index in [2.05, 4.69) is 118 Å². The van der Waals surface area contributed by atoms with Crippen molar-refractivity contribution >= 4 is 17.9 Å². The van der Waals surface area contributed by atoms with Crippen molar-refractivity contribution in [2.24, 2.45) is 0 Å². The van der Waals surface area contributed by atoms with Gasteiger partial charge in [0.05, 0.1) is 0 Å². The number of hydrogen-bond donors (Lipinski definition) is 0. The molecule has 0 unspecified atom stereocenters. The van der Waals surface area contributed by atoms with Gasteiger partial charge in [-0.1, -0.05) is 221 Å². The molecule has 0 aromatic heterocycles. The monoisotopic (exact) mass is 903 g/mol. The molecule has 0 N–H and O–H groups in total. The predicted molar refractivity (Wildman–Crippen MR) is 279 cm³/mol. The van der Waals surface area contributed by atoms with Crippen molar-refractivity contribution in [2.45, 2.75) is 245 Å². The van der Waals surface area contributed by atoms with E-state index in [0.29, 0.717) is 19.3 Å². The highest BCUT2D eigenvalue weighted by Crippen LogP contribution is 2.14. The normalized spacial score (nSPS) is 12.8. The molecule has 6 nitrogen and oxygen atoms in total. The highest BCUT2D eigenvalue weighted by Gasteiger charge is 2.19. The molecule has 0 aliphatic rings. The second-order valence-corrected chi connectivity index (χ2v) is 17.4. The summed E-state index contributed by atoms with van der Waals surface area (Å²) >= 11 is 0. The van der Waals surface area contributed by atoms with Crippen molar-refractivity contribution in [1.82, 2.24) is 0 Å². The SMILES string of the molecule is CC/C=C\C/C=C\C/C=C\C/C=C\C/C=C\CCCC(=O)O[C@@H](COC(=O)CCCCCCCC/C=C\C/C=C\C/C=C\CCCCC)COC(=O)CCCCCCCCCCCCC. The van der Waals surface area contributed by atoms with Crippen LogP contribution in [0, 0.1) is 0 Å². The van der Waals surface area contributed by atoms with Crippen molar-refractivity contribution in [2.75, 3.05) is 13.2 Å². The summed E-state index contributed by atoms with van der Waals surface area (Å²) < 4.78 is 16.7. The number of carbonyl (C=O) groups excluding carboxylic acids is 3. The van der Waals surface area contributed by atoms with E-state index in [4.69, 9.17) is 14.2 Å². The Bertz CT molecular complexity index is 1310. The minimum atomic E-state index is -0.811. The van der Waals surface area contributed by atoms with Gasteiger partial charge < -0.3 is 14.2 Å². The number of rotatable bonds is 47. The van der Waals surface area contributed by atoms with Crippen LogP contribution in [0.2, 0.25) is 0 Å². The summed E-state index contributed by atoms with van der Waals surface area (Å²) in [7, 11) is 0. The van der Waals surface area contributed by atoms with Crippen molar-refractivity contribution < 1.29 is 28.6 Å². The lowest BCUT2D eigenvalue weighted by Gasteiger charge is -2.18. The molecule has 370 valence electrons. The summed E-state index contributed by atoms with van der Waals surface area (Å²) in [6, 6.07) is 0. The Labute approximate surface area is 400 Å². The summed E-state index contributed by atoms with van der Waals surface area (Å²) in [6.07, 6.45) is 69.7. The predicted octanol–water partition coefficient (Wildman–Crippen LogP) is 17.8. The van der Waals surface area contributed by atoms with Gasteiger partial charge in [0.25, 0.3) is 0 Å². The molecule has 6 heteroatoms. The Kier molecular flexibility index (Phi) is 50.0. The van der Waals surface area contributed by atoms with E-state index in [9.17, 15) is 14.4 Å². The van der Waals surface area contributed by atoms with Gasteiger partial charge in [0.1, 0.15) is 13.2 Å². The van der Waals surface area contributed by atoms with Crippen molar-refractivity contribution in [1.29, 1.82) is 0 Å². The summed E-state index contributed by atoms with van der Waals surface area (Å²) in [4.78, 5) is 38.0. The Morgan fingerprint density at radius 3 is 1.02 bits per heavy atom. The van der Waals surface area contributed by atoms with E-state index in [1.165, 1.54) is 89.9 Å². The minimum absolute atomic E-state index is 0.104. The first-order valence-electron chi connectivity index (χ1n) is 26.7. The quantitative estimate of drug-likeness (QED) is 0.0262. The minimum Gasteiger partial charge on any atom is -0.462 e. The van der Waals surface area contributed by atoms with Gasteiger partial charge in [-0.3, -0.25) is 14.4 Å². The molecule has 1 atom stereocenters. The number of allylic oxidation sites excluding steroid dienone is 16. The first-order chi connectivity index (χ1) is 32.0. The van der Waals surface area contributed by atoms with E-state index in [-0.39, 0.29) is 37.5 Å². The molecule has 65 heavy (non-hydrogen) atoms. The van der Waals surface area contributed by atoms with E-state index < -0.39 is 6.10 Å². The maximum atomic E-state index is 12.8. The third kappa shape index (κ3) is 51.2. The molecule has 0 rings (SSSR count). The Morgan fingerprint density at radius 1 is 0.323 bits per heavy atom. The second-order valence-electron chi connectivity index (χ2n) is 17.4. The van der Waals surface area contributed by atoms with Crippen LogP contribution in [0.1, 0.15) is 239 Å². The number of carbonyl (C=O) groups is 3. The lowest BCUT2D eigenvalue weighted by atomic mass is 10.1. The van der Waals surface area contributed by atoms with Crippen molar-refractivity contribution in [3.05, 3.63) is 97.2 Å². The molecule has 0 saturated carbocycles. The van der Waals surface area contributed by atoms with Gasteiger partial charge in [-0.15, -0.1) is 0 Å². The topological polar surface area (TPSA) is 78.9 Å². The van der Waals surface area contributed by atoms with Crippen LogP contribution < -0.4 is 0 Å². The van der Waals surface area contributed by atoms with E-state index in [1.807, 2.05) is 0 Å². The Balaban J connectivity index is 4.48. The van der Waals surface area contributed by atoms with E-state index in [0.717, 1.165) is 103 Å². The molecule has 0 saturated heterocycles. The fourth-order valence-corrected chi connectivity index (χ4v) is 7.07. The largest absolute Gasteiger partial charge is 0.462 e. The van der Waals surface area contributed by atoms with Gasteiger partial charge >= 0.3 is 17.9 Å². The highest BCUT2D eigenvalue weighted by molar-refractivity contribution is 5.71. The molecular weight excluding hydrogens is 805 g/mol. The Hall–Kier alpha value is -3.67. The average Bonchev–Trinajstić information content (AvgIpc) is 3.30. The lowest BCUT2D eigenvalue weighted by Crippen LogP contribution is -2.30. The second kappa shape index (κ2) is 52.9. The van der Waals surface area contributed by atoms with Gasteiger partial charge in [-0.25, -0.2) is 0 Å². The fraction of sp³-hybridized carbons (Fsp3) is 0.678. The first kappa shape index (κ1) is 61.3. The zero-order valence-electron chi connectivity index (χ0n) is 42.2. The molecule has 0 fully saturated rings. The number of hydrogen-bond acceptors (Lipinski definition) is 6. The zero-order chi connectivity index (χ0) is 47.2. The van der Waals surface area contributed by atoms with Crippen molar-refractivity contribution in [3.63, 3.8) is 0 Å². The van der Waals surface area contributed by atoms with Gasteiger partial charge in [0, 0.05) is 19.3 Å². The Morgan fingerprint density at radius 2 is 0.615 bits per heavy atom. The third-order valence-electron chi connectivity index (χ3n) is 11.1. The summed E-state index contributed by atoms with van der Waals surface area (Å²) in [5, 5.41) is 0. The number of ether oxygens (including phenoxy) is 3. The summed E-state index contributed by atoms with van der Waals surface area (Å²) in [5.41, 5.74) is 0. The molecular formula is C59H98O6. The number of unbranched alkanes of at least 4 members (excludes halogenated alkanes) is 20. The van der Waals surface area contributed by atoms with Crippen LogP contribution in [-0.4, -0.2) is 37.2 Å². The van der Waals surface area contributed by atoms with Gasteiger partial charge in [-0.2, -0.15) is 0 Å². The van der Waals surface area contributed by atoms with Crippen LogP contribution in [0.3, 0.4) is 0 Å². The molecule has 0 aliphatic heterocycles. The molecule has 0 spiro atoms. The van der Waals surface area contributed by atoms with E-state index in [1.54, 1.807) is 0 Å². The number of esters is 3. The standard InChI is InChI=1S/C59H98O6/c1-4-7-10-13-16-19-22-24-26-28-29-31-32-34-37-40-43-46-49-52-58(61)64-55-56(54-63-57(60)51-48-45-42-39-36-21-18-15-12-9-6-3)65-59(62)53-50-47-44-41-38-35-33-30-27-25-23-20-17-14-11-8-5-2/h8,11,16-17,19-20,24-27,29,31,33,35,41,44,56H,4-7,9-10,12-15,18,21-23,28,30,32,34,36-40,42-43,45-55H2,1-3H3/b11-8-,19-16-,20-17-,26-24-,27-25-,31-29-,35-33-,44-41-/t56-/m1/s1. The maximum Gasteiger partial charge on any atom is 0.306 e. The highest BCUT2D eigenvalue weighted by atomic mass is 16.6. The van der Waals surface area contributed by atoms with Crippen molar-refractivity contribution in [3.8, 4) is 0 Å². The average molecular weight is 903 g/mol. The van der Waals surface area contributed by atoms with Crippen LogP contribution in [0.4, 0.5) is 0 Å². The lowest BCUT2D eigenvalue weighted by molar-refractivity contribution is -0.167. The maximum absolute atomic E-state index is 12.8. The molecule has 0 aliphatic carbocycles. The van der Waals surface area contributed by atoms with Crippen LogP contribution in [0.5, 0.6) is 0 Å². The summed E-state index contributed by atoms with van der Waals surface area (Å²) in [6.45, 7) is 6.43. The third-order valence-corrected chi connectivity index (χ3v) is 11.1. The molecule has 0 aromatic carbocycles. The van der Waals surface area contributed by atoms with Crippen LogP contribution in [0.25, 0.3) is 0 Å². The molecule has 0 bridgehead atoms. The van der Waals surface area contributed by atoms with Gasteiger partial charge in [0.2, 0.25) is 0 Å². The molecule has 0 radical (unpaired) electrons. The fourth-order valence-electron chi connectivity index (χ4n) is 7.07. The van der Waals surface area contributed by atoms with Crippen LogP contribution >= 0.6 is 0 Å². The van der Waals surface area contributed by atoms with Crippen LogP contribution in [0.15, 0.2) is 97.2 Å². The summed E-state index contributed by atoms with van der Waals surface area (Å²) in [5.74, 6) is -0.977. The zero-order valence-corrected chi connectivity index (χ0v) is 42.2.